The highest BCUT2D eigenvalue weighted by Gasteiger charge is 2.37. The summed E-state index contributed by atoms with van der Waals surface area (Å²) in [5.74, 6) is -2.73. The van der Waals surface area contributed by atoms with Crippen LogP contribution in [-0.4, -0.2) is 82.3 Å². The molecule has 0 aromatic carbocycles. The fraction of sp³-hybridized carbons (Fsp3) is 0.722. The van der Waals surface area contributed by atoms with E-state index in [2.05, 4.69) is 10.6 Å². The Balaban J connectivity index is 2.66. The number of thioether (sulfide) groups is 1. The Hall–Kier alpha value is -2.34. The smallest absolute Gasteiger partial charge is 0.326 e. The third-order valence-corrected chi connectivity index (χ3v) is 5.48. The van der Waals surface area contributed by atoms with E-state index in [9.17, 15) is 29.1 Å². The van der Waals surface area contributed by atoms with E-state index in [0.717, 1.165) is 0 Å². The van der Waals surface area contributed by atoms with Crippen LogP contribution in [0.5, 0.6) is 0 Å². The maximum atomic E-state index is 12.6. The van der Waals surface area contributed by atoms with Gasteiger partial charge in [-0.2, -0.15) is 11.8 Å². The molecule has 4 atom stereocenters. The van der Waals surface area contributed by atoms with Crippen LogP contribution in [0.4, 0.5) is 0 Å². The molecule has 12 heteroatoms. The summed E-state index contributed by atoms with van der Waals surface area (Å²) in [6.07, 6.45) is 3.16. The van der Waals surface area contributed by atoms with Crippen molar-refractivity contribution in [2.75, 3.05) is 18.6 Å². The summed E-state index contributed by atoms with van der Waals surface area (Å²) < 4.78 is 0. The van der Waals surface area contributed by atoms with Crippen LogP contribution in [0.2, 0.25) is 0 Å². The number of likely N-dealkylation sites (tertiary alicyclic amines) is 1. The average Bonchev–Trinajstić information content (AvgIpc) is 3.17. The van der Waals surface area contributed by atoms with E-state index in [1.165, 1.54) is 23.6 Å². The van der Waals surface area contributed by atoms with Crippen molar-refractivity contribution < 1.29 is 29.1 Å². The van der Waals surface area contributed by atoms with E-state index >= 15 is 0 Å². The van der Waals surface area contributed by atoms with Gasteiger partial charge in [0.25, 0.3) is 0 Å². The molecule has 0 spiro atoms. The van der Waals surface area contributed by atoms with E-state index in [1.807, 2.05) is 6.26 Å². The molecule has 4 unspecified atom stereocenters. The third kappa shape index (κ3) is 7.82. The van der Waals surface area contributed by atoms with Crippen molar-refractivity contribution in [1.82, 2.24) is 15.5 Å². The number of carboxylic acid groups (broad SMARTS) is 1. The van der Waals surface area contributed by atoms with Gasteiger partial charge in [-0.15, -0.1) is 0 Å². The van der Waals surface area contributed by atoms with Crippen molar-refractivity contribution in [2.45, 2.75) is 63.2 Å². The van der Waals surface area contributed by atoms with Gasteiger partial charge in [0.15, 0.2) is 0 Å². The van der Waals surface area contributed by atoms with Crippen molar-refractivity contribution >= 4 is 41.4 Å². The zero-order chi connectivity index (χ0) is 22.8. The average molecular weight is 446 g/mol. The Bertz CT molecular complexity index is 661. The van der Waals surface area contributed by atoms with Crippen molar-refractivity contribution in [3.63, 3.8) is 0 Å². The molecule has 170 valence electrons. The fourth-order valence-corrected chi connectivity index (χ4v) is 3.57. The lowest BCUT2D eigenvalue weighted by atomic mass is 10.1. The molecule has 0 aromatic heterocycles. The number of nitrogens with zero attached hydrogens (tertiary/aromatic N) is 1. The Labute approximate surface area is 179 Å². The number of primary amides is 1. The largest absolute Gasteiger partial charge is 0.480 e. The molecule has 7 N–H and O–H groups in total. The lowest BCUT2D eigenvalue weighted by Gasteiger charge is -2.27. The summed E-state index contributed by atoms with van der Waals surface area (Å²) in [7, 11) is 0. The van der Waals surface area contributed by atoms with E-state index in [1.54, 1.807) is 0 Å². The normalized spacial score (nSPS) is 18.9. The first kappa shape index (κ1) is 25.7. The highest BCUT2D eigenvalue weighted by molar-refractivity contribution is 7.98. The molecule has 1 aliphatic heterocycles. The number of rotatable bonds is 12. The predicted molar refractivity (Wildman–Crippen MR) is 111 cm³/mol. The van der Waals surface area contributed by atoms with Crippen LogP contribution in [-0.2, 0) is 24.0 Å². The number of carbonyl (C=O) groups is 5. The highest BCUT2D eigenvalue weighted by Crippen LogP contribution is 2.19. The Kier molecular flexibility index (Phi) is 10.6. The molecule has 0 radical (unpaired) electrons. The van der Waals surface area contributed by atoms with Gasteiger partial charge >= 0.3 is 5.97 Å². The van der Waals surface area contributed by atoms with E-state index in [-0.39, 0.29) is 19.3 Å². The first-order valence-corrected chi connectivity index (χ1v) is 11.1. The standard InChI is InChI=1S/C18H31N5O6S/c1-10(15(25)22-12(18(28)29)7-9-30-2)21-16(26)13-4-3-8-23(13)17(27)11(19)5-6-14(20)24/h10-13H,3-9,19H2,1-2H3,(H2,20,24)(H,21,26)(H,22,25)(H,28,29). The lowest BCUT2D eigenvalue weighted by molar-refractivity contribution is -0.143. The Morgan fingerprint density at radius 1 is 1.20 bits per heavy atom. The van der Waals surface area contributed by atoms with Crippen LogP contribution in [0.15, 0.2) is 0 Å². The molecule has 0 aliphatic carbocycles. The molecular weight excluding hydrogens is 414 g/mol. The zero-order valence-electron chi connectivity index (χ0n) is 17.3. The minimum atomic E-state index is -1.14. The van der Waals surface area contributed by atoms with E-state index < -0.39 is 53.8 Å². The number of nitrogens with one attached hydrogen (secondary N) is 2. The molecule has 4 amide bonds. The molecule has 30 heavy (non-hydrogen) atoms. The van der Waals surface area contributed by atoms with Gasteiger partial charge in [0.1, 0.15) is 18.1 Å². The molecule has 11 nitrogen and oxygen atoms in total. The SMILES string of the molecule is CSCCC(NC(=O)C(C)NC(=O)C1CCCN1C(=O)C(N)CCC(N)=O)C(=O)O. The topological polar surface area (TPSA) is 185 Å². The van der Waals surface area contributed by atoms with Crippen molar-refractivity contribution in [3.8, 4) is 0 Å². The third-order valence-electron chi connectivity index (χ3n) is 4.83. The van der Waals surface area contributed by atoms with Crippen LogP contribution < -0.4 is 22.1 Å². The van der Waals surface area contributed by atoms with Crippen LogP contribution in [0.25, 0.3) is 0 Å². The zero-order valence-corrected chi connectivity index (χ0v) is 18.1. The Morgan fingerprint density at radius 3 is 2.43 bits per heavy atom. The number of carboxylic acids is 1. The van der Waals surface area contributed by atoms with Crippen LogP contribution in [0.3, 0.4) is 0 Å². The second-order valence-corrected chi connectivity index (χ2v) is 8.20. The van der Waals surface area contributed by atoms with Gasteiger partial charge in [-0.3, -0.25) is 19.2 Å². The summed E-state index contributed by atoms with van der Waals surface area (Å²) >= 11 is 1.46. The fourth-order valence-electron chi connectivity index (χ4n) is 3.10. The monoisotopic (exact) mass is 445 g/mol. The Morgan fingerprint density at radius 2 is 1.87 bits per heavy atom. The number of carbonyl (C=O) groups excluding carboxylic acids is 4. The van der Waals surface area contributed by atoms with Gasteiger partial charge < -0.3 is 32.1 Å². The lowest BCUT2D eigenvalue weighted by Crippen LogP contribution is -2.55. The summed E-state index contributed by atoms with van der Waals surface area (Å²) in [5.41, 5.74) is 10.9. The second kappa shape index (κ2) is 12.4. The van der Waals surface area contributed by atoms with Crippen molar-refractivity contribution in [2.24, 2.45) is 11.5 Å². The van der Waals surface area contributed by atoms with Gasteiger partial charge in [-0.1, -0.05) is 0 Å². The molecule has 0 saturated carbocycles. The molecule has 1 rings (SSSR count). The predicted octanol–water partition coefficient (Wildman–Crippen LogP) is -1.60. The molecule has 0 aromatic rings. The first-order valence-electron chi connectivity index (χ1n) is 9.75. The minimum absolute atomic E-state index is 0.0316. The van der Waals surface area contributed by atoms with Crippen molar-refractivity contribution in [3.05, 3.63) is 0 Å². The molecule has 1 saturated heterocycles. The van der Waals surface area contributed by atoms with Gasteiger partial charge in [0.05, 0.1) is 6.04 Å². The summed E-state index contributed by atoms with van der Waals surface area (Å²) in [6.45, 7) is 1.79. The van der Waals surface area contributed by atoms with Gasteiger partial charge in [0.2, 0.25) is 23.6 Å². The van der Waals surface area contributed by atoms with Gasteiger partial charge in [-0.25, -0.2) is 4.79 Å². The summed E-state index contributed by atoms with van der Waals surface area (Å²) in [4.78, 5) is 61.0. The maximum Gasteiger partial charge on any atom is 0.326 e. The van der Waals surface area contributed by atoms with E-state index in [4.69, 9.17) is 11.5 Å². The number of hydrogen-bond acceptors (Lipinski definition) is 7. The van der Waals surface area contributed by atoms with Gasteiger partial charge in [-0.05, 0) is 44.6 Å². The van der Waals surface area contributed by atoms with Crippen LogP contribution in [0, 0.1) is 0 Å². The van der Waals surface area contributed by atoms with Crippen molar-refractivity contribution in [1.29, 1.82) is 0 Å². The number of aliphatic carboxylic acids is 1. The number of amides is 4. The highest BCUT2D eigenvalue weighted by atomic mass is 32.2. The molecular formula is C18H31N5O6S. The van der Waals surface area contributed by atoms with Gasteiger partial charge in [0, 0.05) is 13.0 Å². The second-order valence-electron chi connectivity index (χ2n) is 7.21. The first-order chi connectivity index (χ1) is 14.1. The van der Waals surface area contributed by atoms with Crippen LogP contribution >= 0.6 is 11.8 Å². The summed E-state index contributed by atoms with van der Waals surface area (Å²) in [6, 6.07) is -3.75. The molecule has 1 fully saturated rings. The van der Waals surface area contributed by atoms with Crippen LogP contribution in [0.1, 0.15) is 39.0 Å². The quantitative estimate of drug-likeness (QED) is 0.238. The molecule has 1 heterocycles. The van der Waals surface area contributed by atoms with E-state index in [0.29, 0.717) is 25.1 Å². The number of hydrogen-bond donors (Lipinski definition) is 5. The minimum Gasteiger partial charge on any atom is -0.480 e. The maximum absolute atomic E-state index is 12.6. The summed E-state index contributed by atoms with van der Waals surface area (Å²) in [5, 5.41) is 14.2. The molecule has 0 bridgehead atoms. The molecule has 1 aliphatic rings. The number of nitrogens with two attached hydrogens (primary N) is 2.